The fraction of sp³-hybridized carbons (Fsp3) is 0.400. The molecule has 10 heteroatoms. The summed E-state index contributed by atoms with van der Waals surface area (Å²) in [6.45, 7) is 2.51. The molecule has 0 amide bonds. The molecule has 3 fully saturated rings. The molecule has 0 unspecified atom stereocenters. The summed E-state index contributed by atoms with van der Waals surface area (Å²) in [4.78, 5) is 27.3. The minimum absolute atomic E-state index is 0.00950. The molecular formula is C30H29F2N5O3. The van der Waals surface area contributed by atoms with Crippen LogP contribution in [-0.4, -0.2) is 62.2 Å². The van der Waals surface area contributed by atoms with Crippen molar-refractivity contribution < 1.29 is 23.4 Å². The number of aromatic nitrogens is 3. The Balaban J connectivity index is 1.30. The van der Waals surface area contributed by atoms with Crippen LogP contribution in [0.15, 0.2) is 42.6 Å². The number of fused-ring (bicyclic) bond motifs is 3. The first kappa shape index (κ1) is 25.1. The second-order valence-electron chi connectivity index (χ2n) is 11.2. The third kappa shape index (κ3) is 4.13. The Morgan fingerprint density at radius 2 is 1.85 bits per heavy atom. The molecule has 4 aromatic rings. The van der Waals surface area contributed by atoms with E-state index in [1.165, 1.54) is 12.3 Å². The minimum atomic E-state index is -0.828. The number of hydrogen-bond donors (Lipinski definition) is 2. The van der Waals surface area contributed by atoms with Gasteiger partial charge in [0.15, 0.2) is 5.82 Å². The lowest BCUT2D eigenvalue weighted by Crippen LogP contribution is -2.43. The average Bonchev–Trinajstić information content (AvgIpc) is 3.50. The Bertz CT molecular complexity index is 1630. The summed E-state index contributed by atoms with van der Waals surface area (Å²) in [6.07, 6.45) is 6.69. The van der Waals surface area contributed by atoms with Gasteiger partial charge in [-0.2, -0.15) is 9.97 Å². The predicted molar refractivity (Wildman–Crippen MR) is 146 cm³/mol. The highest BCUT2D eigenvalue weighted by atomic mass is 19.1. The smallest absolute Gasteiger partial charge is 0.319 e. The van der Waals surface area contributed by atoms with Gasteiger partial charge >= 0.3 is 12.0 Å². The number of aliphatic carboxylic acids is 1. The van der Waals surface area contributed by atoms with Crippen LogP contribution in [0.1, 0.15) is 38.5 Å². The summed E-state index contributed by atoms with van der Waals surface area (Å²) in [5.74, 6) is -2.05. The van der Waals surface area contributed by atoms with Gasteiger partial charge in [0.05, 0.1) is 16.8 Å². The summed E-state index contributed by atoms with van der Waals surface area (Å²) in [6, 6.07) is 9.83. The van der Waals surface area contributed by atoms with Gasteiger partial charge in [-0.15, -0.1) is 0 Å². The fourth-order valence-electron chi connectivity index (χ4n) is 6.68. The predicted octanol–water partition coefficient (Wildman–Crippen LogP) is 5.41. The van der Waals surface area contributed by atoms with Crippen LogP contribution >= 0.6 is 0 Å². The van der Waals surface area contributed by atoms with Crippen molar-refractivity contribution in [1.29, 1.82) is 0 Å². The van der Waals surface area contributed by atoms with E-state index in [-0.39, 0.29) is 34.2 Å². The second kappa shape index (κ2) is 9.62. The van der Waals surface area contributed by atoms with E-state index in [0.717, 1.165) is 38.8 Å². The maximum atomic E-state index is 16.3. The number of hydrogen-bond acceptors (Lipinski definition) is 7. The van der Waals surface area contributed by atoms with E-state index in [9.17, 15) is 14.3 Å². The zero-order valence-electron chi connectivity index (χ0n) is 21.9. The molecule has 8 nitrogen and oxygen atoms in total. The van der Waals surface area contributed by atoms with Crippen molar-refractivity contribution in [1.82, 2.24) is 19.9 Å². The largest absolute Gasteiger partial charge is 0.481 e. The van der Waals surface area contributed by atoms with E-state index < -0.39 is 23.5 Å². The van der Waals surface area contributed by atoms with Gasteiger partial charge in [0.2, 0.25) is 0 Å². The quantitative estimate of drug-likeness (QED) is 0.318. The van der Waals surface area contributed by atoms with Crippen LogP contribution in [0, 0.1) is 17.6 Å². The molecule has 0 spiro atoms. The van der Waals surface area contributed by atoms with Crippen LogP contribution in [-0.2, 0) is 4.79 Å². The van der Waals surface area contributed by atoms with Crippen molar-refractivity contribution in [2.45, 2.75) is 50.1 Å². The Hall–Kier alpha value is -3.92. The van der Waals surface area contributed by atoms with Crippen molar-refractivity contribution >= 4 is 33.5 Å². The van der Waals surface area contributed by atoms with Crippen LogP contribution in [0.2, 0.25) is 0 Å². The first-order valence-corrected chi connectivity index (χ1v) is 13.8. The summed E-state index contributed by atoms with van der Waals surface area (Å²) in [7, 11) is 0. The maximum absolute atomic E-state index is 16.3. The standard InChI is InChI=1S/C30H29F2N5O3/c31-22-8-2-6-17-5-1-7-20(23(17)22)25-24(32)26-21(15-33-25)27(34-19-13-18(14-19)28(38)39)36-29(35-26)40-16-30-9-3-11-37(30)12-4-10-30/h1-2,5-8,15,18-19H,3-4,9-14,16H2,(H,38,39)(H,34,35,36). The van der Waals surface area contributed by atoms with E-state index in [1.807, 2.05) is 0 Å². The molecular weight excluding hydrogens is 516 g/mol. The monoisotopic (exact) mass is 545 g/mol. The molecule has 0 bridgehead atoms. The van der Waals surface area contributed by atoms with Crippen molar-refractivity contribution in [2.24, 2.45) is 5.92 Å². The fourth-order valence-corrected chi connectivity index (χ4v) is 6.68. The Morgan fingerprint density at radius 1 is 1.10 bits per heavy atom. The van der Waals surface area contributed by atoms with Crippen molar-refractivity contribution in [3.8, 4) is 17.3 Å². The van der Waals surface area contributed by atoms with Crippen molar-refractivity contribution in [3.05, 3.63) is 54.2 Å². The molecule has 2 aliphatic heterocycles. The number of carboxylic acids is 1. The normalized spacial score (nSPS) is 21.9. The molecule has 40 heavy (non-hydrogen) atoms. The number of carboxylic acid groups (broad SMARTS) is 1. The number of anilines is 1. The van der Waals surface area contributed by atoms with Gasteiger partial charge in [-0.05, 0) is 63.1 Å². The number of pyridine rings is 1. The minimum Gasteiger partial charge on any atom is -0.481 e. The Labute approximate surface area is 229 Å². The van der Waals surface area contributed by atoms with Crippen LogP contribution < -0.4 is 10.1 Å². The summed E-state index contributed by atoms with van der Waals surface area (Å²) < 4.78 is 37.4. The first-order valence-electron chi connectivity index (χ1n) is 13.8. The third-order valence-corrected chi connectivity index (χ3v) is 8.88. The van der Waals surface area contributed by atoms with Crippen molar-refractivity contribution in [2.75, 3.05) is 25.0 Å². The molecule has 2 aromatic carbocycles. The molecule has 1 saturated carbocycles. The lowest BCUT2D eigenvalue weighted by Gasteiger charge is -2.33. The Morgan fingerprint density at radius 3 is 2.60 bits per heavy atom. The zero-order valence-corrected chi connectivity index (χ0v) is 21.9. The van der Waals surface area contributed by atoms with Crippen LogP contribution in [0.5, 0.6) is 6.01 Å². The first-order chi connectivity index (χ1) is 19.4. The van der Waals surface area contributed by atoms with E-state index in [0.29, 0.717) is 41.6 Å². The lowest BCUT2D eigenvalue weighted by atomic mass is 9.80. The van der Waals surface area contributed by atoms with Gasteiger partial charge in [0.25, 0.3) is 0 Å². The SMILES string of the molecule is O=C(O)C1CC(Nc2nc(OCC34CCCN3CCC4)nc3c(F)c(-c4cccc5cccc(F)c45)ncc23)C1. The van der Waals surface area contributed by atoms with Crippen LogP contribution in [0.4, 0.5) is 14.6 Å². The second-order valence-corrected chi connectivity index (χ2v) is 11.2. The number of rotatable bonds is 7. The highest BCUT2D eigenvalue weighted by molar-refractivity contribution is 5.99. The average molecular weight is 546 g/mol. The molecule has 206 valence electrons. The summed E-state index contributed by atoms with van der Waals surface area (Å²) >= 11 is 0. The van der Waals surface area contributed by atoms with Gasteiger partial charge in [-0.3, -0.25) is 14.7 Å². The van der Waals surface area contributed by atoms with Gasteiger partial charge in [0.1, 0.15) is 29.5 Å². The van der Waals surface area contributed by atoms with E-state index in [1.54, 1.807) is 30.3 Å². The zero-order chi connectivity index (χ0) is 27.4. The molecule has 4 heterocycles. The Kier molecular flexibility index (Phi) is 6.03. The van der Waals surface area contributed by atoms with Crippen LogP contribution in [0.3, 0.4) is 0 Å². The summed E-state index contributed by atoms with van der Waals surface area (Å²) in [5, 5.41) is 13.8. The maximum Gasteiger partial charge on any atom is 0.319 e. The number of benzene rings is 2. The lowest BCUT2D eigenvalue weighted by molar-refractivity contribution is -0.144. The van der Waals surface area contributed by atoms with Crippen molar-refractivity contribution in [3.63, 3.8) is 0 Å². The highest BCUT2D eigenvalue weighted by Crippen LogP contribution is 2.40. The molecule has 3 aliphatic rings. The summed E-state index contributed by atoms with van der Waals surface area (Å²) in [5.41, 5.74) is 0.300. The molecule has 0 atom stereocenters. The molecule has 0 radical (unpaired) electrons. The van der Waals surface area contributed by atoms with E-state index in [2.05, 4.69) is 25.2 Å². The topological polar surface area (TPSA) is 100 Å². The number of nitrogens with one attached hydrogen (secondary N) is 1. The molecule has 2 saturated heterocycles. The van der Waals surface area contributed by atoms with Crippen LogP contribution in [0.25, 0.3) is 32.9 Å². The molecule has 1 aliphatic carbocycles. The highest BCUT2D eigenvalue weighted by Gasteiger charge is 2.45. The van der Waals surface area contributed by atoms with E-state index in [4.69, 9.17) is 4.74 Å². The van der Waals surface area contributed by atoms with Gasteiger partial charge in [-0.1, -0.05) is 30.3 Å². The number of ether oxygens (including phenoxy) is 1. The number of halogens is 2. The number of carbonyl (C=O) groups is 1. The molecule has 7 rings (SSSR count). The molecule has 2 aromatic heterocycles. The van der Waals surface area contributed by atoms with E-state index >= 15 is 4.39 Å². The third-order valence-electron chi connectivity index (χ3n) is 8.88. The van der Waals surface area contributed by atoms with Gasteiger partial charge < -0.3 is 15.2 Å². The van der Waals surface area contributed by atoms with Gasteiger partial charge in [0, 0.05) is 23.2 Å². The van der Waals surface area contributed by atoms with Gasteiger partial charge in [-0.25, -0.2) is 8.78 Å². The molecule has 2 N–H and O–H groups in total. The number of nitrogens with zero attached hydrogens (tertiary/aromatic N) is 4.